The highest BCUT2D eigenvalue weighted by molar-refractivity contribution is 14.1. The molecule has 1 heterocycles. The zero-order valence-electron chi connectivity index (χ0n) is 13.5. The fourth-order valence-electron chi connectivity index (χ4n) is 2.17. The fourth-order valence-corrected chi connectivity index (χ4v) is 2.53. The Hall–Kier alpha value is -2.95. The van der Waals surface area contributed by atoms with Gasteiger partial charge in [-0.2, -0.15) is 4.98 Å². The molecule has 2 aromatic carbocycles. The van der Waals surface area contributed by atoms with Gasteiger partial charge in [0.1, 0.15) is 6.33 Å². The molecule has 3 rings (SSSR count). The van der Waals surface area contributed by atoms with E-state index in [1.165, 1.54) is 13.4 Å². The van der Waals surface area contributed by atoms with Crippen LogP contribution in [-0.4, -0.2) is 22.0 Å². The van der Waals surface area contributed by atoms with Crippen molar-refractivity contribution in [2.75, 3.05) is 12.4 Å². The smallest absolute Gasteiger partial charge is 0.373 e. The van der Waals surface area contributed by atoms with Gasteiger partial charge in [0.15, 0.2) is 11.5 Å². The molecule has 3 aromatic rings. The maximum absolute atomic E-state index is 11.6. The van der Waals surface area contributed by atoms with Crippen LogP contribution in [0.5, 0.6) is 17.4 Å². The summed E-state index contributed by atoms with van der Waals surface area (Å²) in [5, 5.41) is 14.5. The van der Waals surface area contributed by atoms with Crippen LogP contribution in [0, 0.1) is 13.7 Å². The van der Waals surface area contributed by atoms with E-state index in [2.05, 4.69) is 37.9 Å². The summed E-state index contributed by atoms with van der Waals surface area (Å²) in [6.07, 6.45) is 1.20. The summed E-state index contributed by atoms with van der Waals surface area (Å²) in [6.45, 7) is 0. The molecule has 132 valence electrons. The first-order valence-corrected chi connectivity index (χ1v) is 8.49. The molecule has 0 aliphatic carbocycles. The Morgan fingerprint density at radius 2 is 1.77 bits per heavy atom. The van der Waals surface area contributed by atoms with Gasteiger partial charge in [-0.15, -0.1) is 0 Å². The first-order chi connectivity index (χ1) is 12.6. The first-order valence-electron chi connectivity index (χ1n) is 7.41. The summed E-state index contributed by atoms with van der Waals surface area (Å²) in [6, 6.07) is 14.2. The van der Waals surface area contributed by atoms with Crippen LogP contribution in [0.25, 0.3) is 0 Å². The second kappa shape index (κ2) is 7.95. The fraction of sp³-hybridized carbons (Fsp3) is 0.0588. The number of hydrogen-bond acceptors (Lipinski definition) is 7. The normalized spacial score (nSPS) is 10.2. The van der Waals surface area contributed by atoms with Gasteiger partial charge in [0.25, 0.3) is 0 Å². The highest BCUT2D eigenvalue weighted by Crippen LogP contribution is 2.38. The molecule has 0 fully saturated rings. The average molecular weight is 464 g/mol. The Balaban J connectivity index is 1.98. The first kappa shape index (κ1) is 17.9. The number of benzene rings is 2. The lowest BCUT2D eigenvalue weighted by Crippen LogP contribution is -2.04. The van der Waals surface area contributed by atoms with E-state index in [-0.39, 0.29) is 17.4 Å². The van der Waals surface area contributed by atoms with E-state index >= 15 is 0 Å². The largest absolute Gasteiger partial charge is 0.493 e. The van der Waals surface area contributed by atoms with Crippen molar-refractivity contribution in [2.24, 2.45) is 0 Å². The van der Waals surface area contributed by atoms with E-state index in [4.69, 9.17) is 9.47 Å². The summed E-state index contributed by atoms with van der Waals surface area (Å²) in [7, 11) is 1.49. The van der Waals surface area contributed by atoms with E-state index < -0.39 is 4.92 Å². The van der Waals surface area contributed by atoms with Crippen LogP contribution in [0.2, 0.25) is 0 Å². The monoisotopic (exact) mass is 464 g/mol. The third kappa shape index (κ3) is 3.99. The maximum Gasteiger partial charge on any atom is 0.373 e. The number of ether oxygens (including phenoxy) is 2. The molecule has 9 heteroatoms. The van der Waals surface area contributed by atoms with Gasteiger partial charge >= 0.3 is 11.6 Å². The molecule has 0 radical (unpaired) electrons. The zero-order valence-corrected chi connectivity index (χ0v) is 15.7. The van der Waals surface area contributed by atoms with Crippen molar-refractivity contribution in [1.82, 2.24) is 9.97 Å². The summed E-state index contributed by atoms with van der Waals surface area (Å²) in [5.74, 6) is 0.614. The third-order valence-electron chi connectivity index (χ3n) is 3.35. The molecule has 0 aliphatic heterocycles. The molecule has 8 nitrogen and oxygen atoms in total. The second-order valence-electron chi connectivity index (χ2n) is 5.02. The molecule has 0 amide bonds. The van der Waals surface area contributed by atoms with E-state index in [9.17, 15) is 10.1 Å². The van der Waals surface area contributed by atoms with E-state index in [0.29, 0.717) is 17.2 Å². The van der Waals surface area contributed by atoms with Crippen LogP contribution in [0.1, 0.15) is 0 Å². The molecule has 0 aliphatic rings. The minimum atomic E-state index is -0.584. The lowest BCUT2D eigenvalue weighted by atomic mass is 10.3. The standard InChI is InChI=1S/C17H13IN4O4/c1-25-13-4-2-3-5-14(13)26-17-15(22(23)24)16(19-10-20-17)21-12-8-6-11(18)7-9-12/h2-10H,1H3,(H,19,20,21). The summed E-state index contributed by atoms with van der Waals surface area (Å²) < 4.78 is 11.9. The highest BCUT2D eigenvalue weighted by atomic mass is 127. The van der Waals surface area contributed by atoms with Crippen molar-refractivity contribution in [1.29, 1.82) is 0 Å². The molecule has 1 aromatic heterocycles. The SMILES string of the molecule is COc1ccccc1Oc1ncnc(Nc2ccc(I)cc2)c1[N+](=O)[O-]. The lowest BCUT2D eigenvalue weighted by Gasteiger charge is -2.11. The molecule has 0 saturated carbocycles. The van der Waals surface area contributed by atoms with Gasteiger partial charge in [-0.3, -0.25) is 10.1 Å². The van der Waals surface area contributed by atoms with E-state index in [1.54, 1.807) is 36.4 Å². The molecular weight excluding hydrogens is 451 g/mol. The van der Waals surface area contributed by atoms with Crippen LogP contribution >= 0.6 is 22.6 Å². The van der Waals surface area contributed by atoms with E-state index in [1.807, 2.05) is 12.1 Å². The Kier molecular flexibility index (Phi) is 5.46. The maximum atomic E-state index is 11.6. The molecule has 0 spiro atoms. The van der Waals surface area contributed by atoms with Gasteiger partial charge in [-0.05, 0) is 59.0 Å². The predicted molar refractivity (Wildman–Crippen MR) is 104 cm³/mol. The van der Waals surface area contributed by atoms with Gasteiger partial charge in [-0.25, -0.2) is 4.98 Å². The average Bonchev–Trinajstić information content (AvgIpc) is 2.64. The molecule has 0 unspecified atom stereocenters. The number of aromatic nitrogens is 2. The predicted octanol–water partition coefficient (Wildman–Crippen LogP) is 4.53. The summed E-state index contributed by atoms with van der Waals surface area (Å²) in [4.78, 5) is 18.9. The number of anilines is 2. The highest BCUT2D eigenvalue weighted by Gasteiger charge is 2.26. The Labute approximate surface area is 162 Å². The van der Waals surface area contributed by atoms with Crippen molar-refractivity contribution < 1.29 is 14.4 Å². The Bertz CT molecular complexity index is 934. The van der Waals surface area contributed by atoms with Crippen LogP contribution in [0.3, 0.4) is 0 Å². The van der Waals surface area contributed by atoms with Gasteiger partial charge < -0.3 is 14.8 Å². The minimum Gasteiger partial charge on any atom is -0.493 e. The van der Waals surface area contributed by atoms with Crippen molar-refractivity contribution >= 4 is 39.8 Å². The quantitative estimate of drug-likeness (QED) is 0.325. The number of rotatable bonds is 6. The number of nitrogens with one attached hydrogen (secondary N) is 1. The van der Waals surface area contributed by atoms with Gasteiger partial charge in [0.2, 0.25) is 5.82 Å². The minimum absolute atomic E-state index is 0.0381. The Morgan fingerprint density at radius 1 is 1.08 bits per heavy atom. The van der Waals surface area contributed by atoms with Gasteiger partial charge in [0.05, 0.1) is 12.0 Å². The van der Waals surface area contributed by atoms with Gasteiger partial charge in [0, 0.05) is 9.26 Å². The number of methoxy groups -OCH3 is 1. The van der Waals surface area contributed by atoms with Crippen molar-refractivity contribution in [3.8, 4) is 17.4 Å². The van der Waals surface area contributed by atoms with Crippen molar-refractivity contribution in [3.05, 3.63) is 68.5 Å². The summed E-state index contributed by atoms with van der Waals surface area (Å²) in [5.41, 5.74) is 0.299. The molecule has 1 N–H and O–H groups in total. The number of para-hydroxylation sites is 2. The molecular formula is C17H13IN4O4. The van der Waals surface area contributed by atoms with Crippen LogP contribution in [0.4, 0.5) is 17.2 Å². The number of nitro groups is 1. The van der Waals surface area contributed by atoms with E-state index in [0.717, 1.165) is 3.57 Å². The lowest BCUT2D eigenvalue weighted by molar-refractivity contribution is -0.385. The molecule has 0 bridgehead atoms. The zero-order chi connectivity index (χ0) is 18.5. The summed E-state index contributed by atoms with van der Waals surface area (Å²) >= 11 is 2.18. The number of halogens is 1. The van der Waals surface area contributed by atoms with Crippen LogP contribution in [-0.2, 0) is 0 Å². The molecule has 0 saturated heterocycles. The molecule has 26 heavy (non-hydrogen) atoms. The van der Waals surface area contributed by atoms with Gasteiger partial charge in [-0.1, -0.05) is 12.1 Å². The number of hydrogen-bond donors (Lipinski definition) is 1. The van der Waals surface area contributed by atoms with Crippen LogP contribution in [0.15, 0.2) is 54.9 Å². The topological polar surface area (TPSA) is 99.4 Å². The van der Waals surface area contributed by atoms with Crippen LogP contribution < -0.4 is 14.8 Å². The van der Waals surface area contributed by atoms with Crippen molar-refractivity contribution in [3.63, 3.8) is 0 Å². The Morgan fingerprint density at radius 3 is 2.42 bits per heavy atom. The second-order valence-corrected chi connectivity index (χ2v) is 6.26. The molecule has 0 atom stereocenters. The van der Waals surface area contributed by atoms with Crippen molar-refractivity contribution in [2.45, 2.75) is 0 Å². The third-order valence-corrected chi connectivity index (χ3v) is 4.07. The number of nitrogens with zero attached hydrogens (tertiary/aromatic N) is 3.